The van der Waals surface area contributed by atoms with E-state index in [1.165, 1.54) is 42.6 Å². The highest BCUT2D eigenvalue weighted by atomic mass is 32.2. The SMILES string of the molecule is Cc1cc(C(=O)N2CCN(S(=O)(=O)c3c[nH]c4ncccc34)CC2)c(C)n1C1CCCCC1. The van der Waals surface area contributed by atoms with E-state index in [1.807, 2.05) is 13.0 Å². The molecular formula is C24H31N5O3S. The molecule has 1 aliphatic heterocycles. The molecule has 3 aromatic rings. The maximum Gasteiger partial charge on any atom is 0.255 e. The molecule has 1 saturated carbocycles. The van der Waals surface area contributed by atoms with Gasteiger partial charge in [0, 0.05) is 61.4 Å². The molecule has 0 aromatic carbocycles. The fourth-order valence-electron chi connectivity index (χ4n) is 5.48. The summed E-state index contributed by atoms with van der Waals surface area (Å²) in [6.45, 7) is 5.45. The van der Waals surface area contributed by atoms with Gasteiger partial charge in [-0.3, -0.25) is 4.79 Å². The van der Waals surface area contributed by atoms with Crippen LogP contribution in [0, 0.1) is 13.8 Å². The third kappa shape index (κ3) is 3.87. The third-order valence-electron chi connectivity index (χ3n) is 7.21. The Bertz CT molecular complexity index is 1280. The van der Waals surface area contributed by atoms with Gasteiger partial charge in [0.05, 0.1) is 5.56 Å². The van der Waals surface area contributed by atoms with Gasteiger partial charge in [-0.2, -0.15) is 4.31 Å². The lowest BCUT2D eigenvalue weighted by Gasteiger charge is -2.34. The molecule has 3 aromatic heterocycles. The Labute approximate surface area is 194 Å². The molecule has 5 rings (SSSR count). The number of hydrogen-bond acceptors (Lipinski definition) is 4. The van der Waals surface area contributed by atoms with Gasteiger partial charge < -0.3 is 14.5 Å². The monoisotopic (exact) mass is 469 g/mol. The topological polar surface area (TPSA) is 91.3 Å². The largest absolute Gasteiger partial charge is 0.345 e. The van der Waals surface area contributed by atoms with Gasteiger partial charge in [-0.25, -0.2) is 13.4 Å². The number of aromatic amines is 1. The van der Waals surface area contributed by atoms with Crippen LogP contribution in [0.1, 0.15) is 59.9 Å². The van der Waals surface area contributed by atoms with Crippen LogP contribution in [0.5, 0.6) is 0 Å². The van der Waals surface area contributed by atoms with E-state index in [0.717, 1.165) is 17.0 Å². The van der Waals surface area contributed by atoms with Gasteiger partial charge >= 0.3 is 0 Å². The molecular weight excluding hydrogens is 438 g/mol. The minimum Gasteiger partial charge on any atom is -0.345 e. The van der Waals surface area contributed by atoms with Crippen molar-refractivity contribution in [3.05, 3.63) is 47.5 Å². The zero-order valence-electron chi connectivity index (χ0n) is 19.2. The highest BCUT2D eigenvalue weighted by Gasteiger charge is 2.33. The number of nitrogens with zero attached hydrogens (tertiary/aromatic N) is 4. The van der Waals surface area contributed by atoms with E-state index >= 15 is 0 Å². The number of sulfonamides is 1. The molecule has 0 atom stereocenters. The van der Waals surface area contributed by atoms with Crippen LogP contribution in [0.4, 0.5) is 0 Å². The van der Waals surface area contributed by atoms with Crippen molar-refractivity contribution < 1.29 is 13.2 Å². The number of pyridine rings is 1. The van der Waals surface area contributed by atoms with Crippen molar-refractivity contribution in [3.8, 4) is 0 Å². The van der Waals surface area contributed by atoms with E-state index in [9.17, 15) is 13.2 Å². The number of fused-ring (bicyclic) bond motifs is 1. The Morgan fingerprint density at radius 2 is 1.82 bits per heavy atom. The first kappa shape index (κ1) is 22.2. The molecule has 0 bridgehead atoms. The lowest BCUT2D eigenvalue weighted by atomic mass is 9.95. The molecule has 1 N–H and O–H groups in total. The molecule has 176 valence electrons. The van der Waals surface area contributed by atoms with Crippen molar-refractivity contribution in [1.82, 2.24) is 23.7 Å². The second kappa shape index (κ2) is 8.61. The van der Waals surface area contributed by atoms with Crippen molar-refractivity contribution >= 4 is 27.0 Å². The molecule has 1 saturated heterocycles. The van der Waals surface area contributed by atoms with Crippen molar-refractivity contribution in [2.24, 2.45) is 0 Å². The van der Waals surface area contributed by atoms with Crippen molar-refractivity contribution in [1.29, 1.82) is 0 Å². The Morgan fingerprint density at radius 1 is 1.09 bits per heavy atom. The number of piperazine rings is 1. The summed E-state index contributed by atoms with van der Waals surface area (Å²) in [7, 11) is -3.66. The lowest BCUT2D eigenvalue weighted by molar-refractivity contribution is 0.0697. The van der Waals surface area contributed by atoms with Gasteiger partial charge in [0.25, 0.3) is 5.91 Å². The van der Waals surface area contributed by atoms with Gasteiger partial charge in [-0.15, -0.1) is 0 Å². The van der Waals surface area contributed by atoms with Gasteiger partial charge in [0.2, 0.25) is 10.0 Å². The number of hydrogen-bond donors (Lipinski definition) is 1. The maximum atomic E-state index is 13.4. The van der Waals surface area contributed by atoms with Crippen LogP contribution < -0.4 is 0 Å². The Morgan fingerprint density at radius 3 is 2.55 bits per heavy atom. The summed E-state index contributed by atoms with van der Waals surface area (Å²) in [5, 5.41) is 0.589. The molecule has 9 heteroatoms. The first-order chi connectivity index (χ1) is 15.9. The summed E-state index contributed by atoms with van der Waals surface area (Å²) in [5.74, 6) is -0.00139. The van der Waals surface area contributed by atoms with E-state index in [1.54, 1.807) is 23.2 Å². The second-order valence-electron chi connectivity index (χ2n) is 9.20. The van der Waals surface area contributed by atoms with Crippen LogP contribution in [0.25, 0.3) is 11.0 Å². The zero-order valence-corrected chi connectivity index (χ0v) is 20.1. The van der Waals surface area contributed by atoms with Gasteiger partial charge in [0.1, 0.15) is 10.5 Å². The normalized spacial score (nSPS) is 18.8. The summed E-state index contributed by atoms with van der Waals surface area (Å²) in [6.07, 6.45) is 9.26. The predicted molar refractivity (Wildman–Crippen MR) is 127 cm³/mol. The fraction of sp³-hybridized carbons (Fsp3) is 0.500. The summed E-state index contributed by atoms with van der Waals surface area (Å²) in [4.78, 5) is 22.5. The molecule has 0 radical (unpaired) electrons. The standard InChI is InChI=1S/C24H31N5O3S/c1-17-15-21(18(2)29(17)19-7-4-3-5-8-19)24(30)27-11-13-28(14-12-27)33(31,32)22-16-26-23-20(22)9-6-10-25-23/h6,9-10,15-16,19H,3-5,7-8,11-14H2,1-2H3,(H,25,26). The molecule has 8 nitrogen and oxygen atoms in total. The fourth-order valence-corrected chi connectivity index (χ4v) is 7.05. The molecule has 1 amide bonds. The van der Waals surface area contributed by atoms with Crippen LogP contribution >= 0.6 is 0 Å². The number of H-pyrrole nitrogens is 1. The van der Waals surface area contributed by atoms with Gasteiger partial charge in [-0.1, -0.05) is 19.3 Å². The predicted octanol–water partition coefficient (Wildman–Crippen LogP) is 3.63. The quantitative estimate of drug-likeness (QED) is 0.632. The zero-order chi connectivity index (χ0) is 23.2. The average molecular weight is 470 g/mol. The smallest absolute Gasteiger partial charge is 0.255 e. The summed E-state index contributed by atoms with van der Waals surface area (Å²) in [6, 6.07) is 5.98. The number of carbonyl (C=O) groups excluding carboxylic acids is 1. The highest BCUT2D eigenvalue weighted by Crippen LogP contribution is 2.33. The van der Waals surface area contributed by atoms with E-state index in [2.05, 4.69) is 21.5 Å². The van der Waals surface area contributed by atoms with E-state index < -0.39 is 10.0 Å². The van der Waals surface area contributed by atoms with E-state index in [0.29, 0.717) is 30.2 Å². The van der Waals surface area contributed by atoms with Crippen LogP contribution in [0.2, 0.25) is 0 Å². The summed E-state index contributed by atoms with van der Waals surface area (Å²) >= 11 is 0. The Kier molecular flexibility index (Phi) is 5.78. The summed E-state index contributed by atoms with van der Waals surface area (Å²) < 4.78 is 30.3. The molecule has 2 aliphatic rings. The maximum absolute atomic E-state index is 13.4. The average Bonchev–Trinajstić information content (AvgIpc) is 3.40. The lowest BCUT2D eigenvalue weighted by Crippen LogP contribution is -2.50. The first-order valence-electron chi connectivity index (χ1n) is 11.8. The minimum absolute atomic E-state index is 0.00139. The number of carbonyl (C=O) groups is 1. The molecule has 4 heterocycles. The Hall–Kier alpha value is -2.65. The van der Waals surface area contributed by atoms with Gasteiger partial charge in [-0.05, 0) is 44.9 Å². The number of aryl methyl sites for hydroxylation is 1. The van der Waals surface area contributed by atoms with Crippen LogP contribution in [0.3, 0.4) is 0 Å². The van der Waals surface area contributed by atoms with Crippen molar-refractivity contribution in [2.75, 3.05) is 26.2 Å². The highest BCUT2D eigenvalue weighted by molar-refractivity contribution is 7.89. The number of aromatic nitrogens is 3. The van der Waals surface area contributed by atoms with Gasteiger partial charge in [0.15, 0.2) is 0 Å². The van der Waals surface area contributed by atoms with E-state index in [-0.39, 0.29) is 23.9 Å². The Balaban J connectivity index is 1.31. The van der Waals surface area contributed by atoms with E-state index in [4.69, 9.17) is 0 Å². The van der Waals surface area contributed by atoms with Crippen LogP contribution in [0.15, 0.2) is 35.5 Å². The molecule has 1 aliphatic carbocycles. The molecule has 0 unspecified atom stereocenters. The summed E-state index contributed by atoms with van der Waals surface area (Å²) in [5.41, 5.74) is 3.47. The molecule has 33 heavy (non-hydrogen) atoms. The number of nitrogens with one attached hydrogen (secondary N) is 1. The van der Waals surface area contributed by atoms with Crippen molar-refractivity contribution in [3.63, 3.8) is 0 Å². The molecule has 0 spiro atoms. The van der Waals surface area contributed by atoms with Crippen LogP contribution in [-0.2, 0) is 10.0 Å². The van der Waals surface area contributed by atoms with Crippen molar-refractivity contribution in [2.45, 2.75) is 56.9 Å². The second-order valence-corrected chi connectivity index (χ2v) is 11.1. The number of rotatable bonds is 4. The third-order valence-corrected chi connectivity index (χ3v) is 9.15. The minimum atomic E-state index is -3.66. The van der Waals surface area contributed by atoms with Crippen LogP contribution in [-0.4, -0.2) is 64.2 Å². The number of amides is 1. The molecule has 2 fully saturated rings. The first-order valence-corrected chi connectivity index (χ1v) is 13.2.